The normalized spacial score (nSPS) is 21.7. The second-order valence-electron chi connectivity index (χ2n) is 4.22. The number of nitrogens with zero attached hydrogens (tertiary/aromatic N) is 1. The summed E-state index contributed by atoms with van der Waals surface area (Å²) in [5, 5.41) is 9.26. The van der Waals surface area contributed by atoms with Gasteiger partial charge >= 0.3 is 5.97 Å². The van der Waals surface area contributed by atoms with Gasteiger partial charge in [0.05, 0.1) is 0 Å². The molecule has 16 heavy (non-hydrogen) atoms. The predicted octanol–water partition coefficient (Wildman–Crippen LogP) is 1.02. The number of carboxylic acid groups (broad SMARTS) is 1. The van der Waals surface area contributed by atoms with Gasteiger partial charge in [0.25, 0.3) is 0 Å². The molecule has 0 bridgehead atoms. The Hall–Kier alpha value is -1.39. The maximum absolute atomic E-state index is 11.8. The van der Waals surface area contributed by atoms with Crippen LogP contribution in [0.3, 0.4) is 0 Å². The lowest BCUT2D eigenvalue weighted by molar-refractivity contribution is -0.164. The Labute approximate surface area is 94.4 Å². The van der Waals surface area contributed by atoms with Crippen LogP contribution in [-0.2, 0) is 14.4 Å². The van der Waals surface area contributed by atoms with Crippen LogP contribution in [0.15, 0.2) is 0 Å². The molecule has 90 valence electrons. The van der Waals surface area contributed by atoms with Crippen molar-refractivity contribution < 1.29 is 19.5 Å². The van der Waals surface area contributed by atoms with Crippen LogP contribution >= 0.6 is 0 Å². The van der Waals surface area contributed by atoms with Crippen molar-refractivity contribution in [2.24, 2.45) is 5.92 Å². The summed E-state index contributed by atoms with van der Waals surface area (Å²) in [5.74, 6) is -2.24. The number of carboxylic acids is 1. The molecule has 1 rings (SSSR count). The summed E-state index contributed by atoms with van der Waals surface area (Å²) in [6.45, 7) is 5.01. The lowest BCUT2D eigenvalue weighted by atomic mass is 9.90. The van der Waals surface area contributed by atoms with E-state index in [0.717, 1.165) is 4.90 Å². The zero-order valence-corrected chi connectivity index (χ0v) is 9.82. The van der Waals surface area contributed by atoms with Gasteiger partial charge in [-0.2, -0.15) is 0 Å². The van der Waals surface area contributed by atoms with Crippen LogP contribution in [0.25, 0.3) is 0 Å². The fourth-order valence-electron chi connectivity index (χ4n) is 2.20. The van der Waals surface area contributed by atoms with E-state index < -0.39 is 17.4 Å². The second-order valence-corrected chi connectivity index (χ2v) is 4.22. The minimum Gasteiger partial charge on any atom is -0.479 e. The Morgan fingerprint density at radius 3 is 2.19 bits per heavy atom. The van der Waals surface area contributed by atoms with Gasteiger partial charge in [-0.3, -0.25) is 14.5 Å². The van der Waals surface area contributed by atoms with E-state index in [1.165, 1.54) is 0 Å². The Bertz CT molecular complexity index is 333. The monoisotopic (exact) mass is 227 g/mol. The van der Waals surface area contributed by atoms with E-state index in [4.69, 9.17) is 0 Å². The van der Waals surface area contributed by atoms with Crippen molar-refractivity contribution in [3.05, 3.63) is 0 Å². The van der Waals surface area contributed by atoms with Gasteiger partial charge in [-0.05, 0) is 12.8 Å². The minimum absolute atomic E-state index is 0.119. The third-order valence-electron chi connectivity index (χ3n) is 3.37. The Kier molecular flexibility index (Phi) is 3.35. The van der Waals surface area contributed by atoms with Crippen LogP contribution in [0.5, 0.6) is 0 Å². The summed E-state index contributed by atoms with van der Waals surface area (Å²) in [5.41, 5.74) is -1.36. The summed E-state index contributed by atoms with van der Waals surface area (Å²) >= 11 is 0. The van der Waals surface area contributed by atoms with Crippen LogP contribution in [0.2, 0.25) is 0 Å². The quantitative estimate of drug-likeness (QED) is 0.728. The summed E-state index contributed by atoms with van der Waals surface area (Å²) in [6, 6.07) is 0. The topological polar surface area (TPSA) is 74.7 Å². The van der Waals surface area contributed by atoms with E-state index in [-0.39, 0.29) is 31.1 Å². The first-order valence-corrected chi connectivity index (χ1v) is 5.51. The molecule has 1 aliphatic heterocycles. The van der Waals surface area contributed by atoms with Gasteiger partial charge in [-0.1, -0.05) is 20.8 Å². The van der Waals surface area contributed by atoms with Gasteiger partial charge < -0.3 is 5.11 Å². The SMILES string of the molecule is CCC(CC)(C(=O)O)N1C(=O)CC(C)C1=O. The van der Waals surface area contributed by atoms with Gasteiger partial charge in [-0.15, -0.1) is 0 Å². The summed E-state index contributed by atoms with van der Waals surface area (Å²) in [6.07, 6.45) is 0.597. The van der Waals surface area contributed by atoms with Crippen molar-refractivity contribution in [2.75, 3.05) is 0 Å². The molecule has 0 aromatic rings. The molecular weight excluding hydrogens is 210 g/mol. The molecule has 1 atom stereocenters. The average Bonchev–Trinajstić information content (AvgIpc) is 2.47. The van der Waals surface area contributed by atoms with E-state index >= 15 is 0 Å². The van der Waals surface area contributed by atoms with Crippen LogP contribution in [0.4, 0.5) is 0 Å². The first-order chi connectivity index (χ1) is 7.40. The highest BCUT2D eigenvalue weighted by Crippen LogP contribution is 2.32. The first kappa shape index (κ1) is 12.7. The van der Waals surface area contributed by atoms with E-state index in [0.29, 0.717) is 0 Å². The number of carbonyl (C=O) groups is 3. The summed E-state index contributed by atoms with van der Waals surface area (Å²) in [7, 11) is 0. The molecule has 0 radical (unpaired) electrons. The lowest BCUT2D eigenvalue weighted by Crippen LogP contribution is -2.56. The highest BCUT2D eigenvalue weighted by atomic mass is 16.4. The van der Waals surface area contributed by atoms with Crippen molar-refractivity contribution in [2.45, 2.75) is 45.6 Å². The fourth-order valence-corrected chi connectivity index (χ4v) is 2.20. The molecule has 5 heteroatoms. The number of carbonyl (C=O) groups excluding carboxylic acids is 2. The number of hydrogen-bond donors (Lipinski definition) is 1. The van der Waals surface area contributed by atoms with Crippen molar-refractivity contribution in [1.29, 1.82) is 0 Å². The third kappa shape index (κ3) is 1.60. The van der Waals surface area contributed by atoms with E-state index in [1.807, 2.05) is 0 Å². The molecule has 0 spiro atoms. The number of hydrogen-bond acceptors (Lipinski definition) is 3. The van der Waals surface area contributed by atoms with Gasteiger partial charge in [0, 0.05) is 12.3 Å². The standard InChI is InChI=1S/C11H17NO4/c1-4-11(5-2,10(15)16)12-8(13)6-7(3)9(12)14/h7H,4-6H2,1-3H3,(H,15,16). The van der Waals surface area contributed by atoms with Crippen molar-refractivity contribution in [1.82, 2.24) is 4.90 Å². The first-order valence-electron chi connectivity index (χ1n) is 5.51. The maximum atomic E-state index is 11.8. The molecule has 1 saturated heterocycles. The summed E-state index contributed by atoms with van der Waals surface area (Å²) < 4.78 is 0. The van der Waals surface area contributed by atoms with Crippen LogP contribution in [-0.4, -0.2) is 33.3 Å². The lowest BCUT2D eigenvalue weighted by Gasteiger charge is -2.35. The molecular formula is C11H17NO4. The minimum atomic E-state index is -1.36. The number of aliphatic carboxylic acids is 1. The van der Waals surface area contributed by atoms with Crippen LogP contribution in [0, 0.1) is 5.92 Å². The van der Waals surface area contributed by atoms with Crippen molar-refractivity contribution in [3.8, 4) is 0 Å². The zero-order valence-electron chi connectivity index (χ0n) is 9.82. The Morgan fingerprint density at radius 1 is 1.44 bits per heavy atom. The summed E-state index contributed by atoms with van der Waals surface area (Å²) in [4.78, 5) is 35.8. The number of imide groups is 1. The van der Waals surface area contributed by atoms with Crippen LogP contribution < -0.4 is 0 Å². The van der Waals surface area contributed by atoms with Gasteiger partial charge in [0.15, 0.2) is 0 Å². The van der Waals surface area contributed by atoms with Gasteiger partial charge in [0.1, 0.15) is 5.54 Å². The molecule has 2 amide bonds. The fraction of sp³-hybridized carbons (Fsp3) is 0.727. The number of rotatable bonds is 4. The van der Waals surface area contributed by atoms with E-state index in [1.54, 1.807) is 20.8 Å². The van der Waals surface area contributed by atoms with E-state index in [9.17, 15) is 19.5 Å². The molecule has 0 aliphatic carbocycles. The molecule has 0 saturated carbocycles. The third-order valence-corrected chi connectivity index (χ3v) is 3.37. The Morgan fingerprint density at radius 2 is 1.94 bits per heavy atom. The highest BCUT2D eigenvalue weighted by Gasteiger charge is 2.51. The molecule has 1 N–H and O–H groups in total. The molecule has 1 unspecified atom stereocenters. The number of likely N-dealkylation sites (tertiary alicyclic amines) is 1. The second kappa shape index (κ2) is 4.23. The van der Waals surface area contributed by atoms with Gasteiger partial charge in [0.2, 0.25) is 11.8 Å². The Balaban J connectivity index is 3.18. The zero-order chi connectivity index (χ0) is 12.5. The predicted molar refractivity (Wildman–Crippen MR) is 56.6 cm³/mol. The van der Waals surface area contributed by atoms with E-state index in [2.05, 4.69) is 0 Å². The van der Waals surface area contributed by atoms with Crippen molar-refractivity contribution >= 4 is 17.8 Å². The molecule has 1 fully saturated rings. The highest BCUT2D eigenvalue weighted by molar-refractivity contribution is 6.07. The molecule has 0 aromatic carbocycles. The number of amides is 2. The maximum Gasteiger partial charge on any atom is 0.330 e. The van der Waals surface area contributed by atoms with Gasteiger partial charge in [-0.25, -0.2) is 4.79 Å². The van der Waals surface area contributed by atoms with Crippen LogP contribution in [0.1, 0.15) is 40.0 Å². The smallest absolute Gasteiger partial charge is 0.330 e. The van der Waals surface area contributed by atoms with Crippen molar-refractivity contribution in [3.63, 3.8) is 0 Å². The average molecular weight is 227 g/mol. The molecule has 0 aromatic heterocycles. The largest absolute Gasteiger partial charge is 0.479 e. The molecule has 1 heterocycles. The molecule has 1 aliphatic rings. The molecule has 5 nitrogen and oxygen atoms in total.